The molecule has 23 heavy (non-hydrogen) atoms. The number of anilines is 1. The first-order valence-electron chi connectivity index (χ1n) is 7.48. The lowest BCUT2D eigenvalue weighted by molar-refractivity contribution is -0.126. The third-order valence-corrected chi connectivity index (χ3v) is 4.38. The predicted octanol–water partition coefficient (Wildman–Crippen LogP) is 1.01. The first-order chi connectivity index (χ1) is 11.0. The third kappa shape index (κ3) is 4.72. The van der Waals surface area contributed by atoms with Gasteiger partial charge in [-0.2, -0.15) is 0 Å². The Labute approximate surface area is 140 Å². The standard InChI is InChI=1S/C16H21N3O3S/c1-11(20)17-6-7-18-16(22)12-8-15(21)19(10-12)13-4-3-5-14(9-13)23-2/h3-5,9,12H,6-8,10H2,1-2H3,(H,17,20)(H,18,22)/t12-/m1/s1. The molecule has 1 aliphatic heterocycles. The first kappa shape index (κ1) is 17.3. The lowest BCUT2D eigenvalue weighted by atomic mass is 10.1. The van der Waals surface area contributed by atoms with Crippen molar-refractivity contribution < 1.29 is 14.4 Å². The third-order valence-electron chi connectivity index (χ3n) is 3.66. The number of rotatable bonds is 6. The number of hydrogen-bond donors (Lipinski definition) is 2. The molecule has 0 bridgehead atoms. The summed E-state index contributed by atoms with van der Waals surface area (Å²) in [4.78, 5) is 37.8. The fraction of sp³-hybridized carbons (Fsp3) is 0.438. The molecule has 1 aliphatic rings. The fourth-order valence-electron chi connectivity index (χ4n) is 2.48. The largest absolute Gasteiger partial charge is 0.355 e. The molecule has 2 N–H and O–H groups in total. The van der Waals surface area contributed by atoms with E-state index in [2.05, 4.69) is 10.6 Å². The van der Waals surface area contributed by atoms with Crippen molar-refractivity contribution in [3.63, 3.8) is 0 Å². The molecule has 0 aromatic heterocycles. The van der Waals surface area contributed by atoms with Crippen LogP contribution in [0.15, 0.2) is 29.2 Å². The Balaban J connectivity index is 1.91. The van der Waals surface area contributed by atoms with E-state index in [1.807, 2.05) is 30.5 Å². The van der Waals surface area contributed by atoms with Crippen LogP contribution in [0.25, 0.3) is 0 Å². The van der Waals surface area contributed by atoms with Crippen LogP contribution in [-0.2, 0) is 14.4 Å². The number of carbonyl (C=O) groups is 3. The van der Waals surface area contributed by atoms with E-state index < -0.39 is 0 Å². The highest BCUT2D eigenvalue weighted by atomic mass is 32.2. The van der Waals surface area contributed by atoms with Crippen molar-refractivity contribution in [3.05, 3.63) is 24.3 Å². The molecule has 1 saturated heterocycles. The Bertz CT molecular complexity index is 606. The predicted molar refractivity (Wildman–Crippen MR) is 90.4 cm³/mol. The lowest BCUT2D eigenvalue weighted by Gasteiger charge is -2.17. The molecule has 3 amide bonds. The number of carbonyl (C=O) groups excluding carboxylic acids is 3. The molecule has 124 valence electrons. The number of amides is 3. The van der Waals surface area contributed by atoms with Gasteiger partial charge in [-0.15, -0.1) is 11.8 Å². The van der Waals surface area contributed by atoms with Gasteiger partial charge in [0, 0.05) is 43.6 Å². The van der Waals surface area contributed by atoms with Gasteiger partial charge in [-0.3, -0.25) is 14.4 Å². The summed E-state index contributed by atoms with van der Waals surface area (Å²) in [7, 11) is 0. The summed E-state index contributed by atoms with van der Waals surface area (Å²) in [5, 5.41) is 5.37. The molecule has 7 heteroatoms. The smallest absolute Gasteiger partial charge is 0.227 e. The van der Waals surface area contributed by atoms with Crippen LogP contribution in [-0.4, -0.2) is 43.6 Å². The number of benzene rings is 1. The van der Waals surface area contributed by atoms with Crippen LogP contribution in [0.5, 0.6) is 0 Å². The second kappa shape index (κ2) is 8.01. The van der Waals surface area contributed by atoms with Gasteiger partial charge < -0.3 is 15.5 Å². The van der Waals surface area contributed by atoms with Gasteiger partial charge in [0.25, 0.3) is 0 Å². The maximum Gasteiger partial charge on any atom is 0.227 e. The number of nitrogens with one attached hydrogen (secondary N) is 2. The molecule has 0 aliphatic carbocycles. The summed E-state index contributed by atoms with van der Waals surface area (Å²) in [6.45, 7) is 2.58. The van der Waals surface area contributed by atoms with Crippen molar-refractivity contribution in [3.8, 4) is 0 Å². The van der Waals surface area contributed by atoms with Gasteiger partial charge in [-0.1, -0.05) is 6.07 Å². The molecule has 1 fully saturated rings. The van der Waals surface area contributed by atoms with Crippen LogP contribution in [0, 0.1) is 5.92 Å². The topological polar surface area (TPSA) is 78.5 Å². The SMILES string of the molecule is CSc1cccc(N2C[C@H](C(=O)NCCNC(C)=O)CC2=O)c1. The van der Waals surface area contributed by atoms with Crippen LogP contribution >= 0.6 is 11.8 Å². The molecule has 1 aromatic carbocycles. The zero-order chi connectivity index (χ0) is 16.8. The van der Waals surface area contributed by atoms with E-state index in [4.69, 9.17) is 0 Å². The van der Waals surface area contributed by atoms with E-state index in [0.717, 1.165) is 10.6 Å². The summed E-state index contributed by atoms with van der Waals surface area (Å²) in [6, 6.07) is 7.74. The van der Waals surface area contributed by atoms with Gasteiger partial charge in [-0.05, 0) is 24.5 Å². The first-order valence-corrected chi connectivity index (χ1v) is 8.70. The Kier molecular flexibility index (Phi) is 6.04. The minimum Gasteiger partial charge on any atom is -0.355 e. The highest BCUT2D eigenvalue weighted by Gasteiger charge is 2.34. The molecule has 0 saturated carbocycles. The van der Waals surface area contributed by atoms with Crippen LogP contribution in [0.1, 0.15) is 13.3 Å². The Morgan fingerprint density at radius 1 is 1.30 bits per heavy atom. The molecule has 0 unspecified atom stereocenters. The molecule has 1 aromatic rings. The van der Waals surface area contributed by atoms with Crippen molar-refractivity contribution in [2.24, 2.45) is 5.92 Å². The van der Waals surface area contributed by atoms with Gasteiger partial charge in [-0.25, -0.2) is 0 Å². The summed E-state index contributed by atoms with van der Waals surface area (Å²) >= 11 is 1.61. The molecule has 2 rings (SSSR count). The van der Waals surface area contributed by atoms with E-state index >= 15 is 0 Å². The average molecular weight is 335 g/mol. The molecule has 0 radical (unpaired) electrons. The molecule has 1 atom stereocenters. The number of thioether (sulfide) groups is 1. The van der Waals surface area contributed by atoms with E-state index in [0.29, 0.717) is 19.6 Å². The lowest BCUT2D eigenvalue weighted by Crippen LogP contribution is -2.37. The van der Waals surface area contributed by atoms with Crippen LogP contribution in [0.3, 0.4) is 0 Å². The average Bonchev–Trinajstić information content (AvgIpc) is 2.93. The Morgan fingerprint density at radius 3 is 2.74 bits per heavy atom. The van der Waals surface area contributed by atoms with Gasteiger partial charge >= 0.3 is 0 Å². The Hall–Kier alpha value is -2.02. The van der Waals surface area contributed by atoms with E-state index in [1.165, 1.54) is 6.92 Å². The van der Waals surface area contributed by atoms with Crippen LogP contribution in [0.2, 0.25) is 0 Å². The summed E-state index contributed by atoms with van der Waals surface area (Å²) < 4.78 is 0. The Morgan fingerprint density at radius 2 is 2.04 bits per heavy atom. The molecule has 0 spiro atoms. The maximum atomic E-state index is 12.2. The van der Waals surface area contributed by atoms with Gasteiger partial charge in [0.1, 0.15) is 0 Å². The summed E-state index contributed by atoms with van der Waals surface area (Å²) in [5.74, 6) is -0.662. The van der Waals surface area contributed by atoms with Gasteiger partial charge in [0.2, 0.25) is 17.7 Å². The van der Waals surface area contributed by atoms with E-state index in [-0.39, 0.29) is 30.1 Å². The monoisotopic (exact) mass is 335 g/mol. The molecule has 1 heterocycles. The zero-order valence-corrected chi connectivity index (χ0v) is 14.1. The van der Waals surface area contributed by atoms with Gasteiger partial charge in [0.05, 0.1) is 5.92 Å². The quantitative estimate of drug-likeness (QED) is 0.601. The van der Waals surface area contributed by atoms with E-state index in [1.54, 1.807) is 16.7 Å². The fourth-order valence-corrected chi connectivity index (χ4v) is 2.93. The summed E-state index contributed by atoms with van der Waals surface area (Å²) in [6.07, 6.45) is 2.20. The van der Waals surface area contributed by atoms with Gasteiger partial charge in [0.15, 0.2) is 0 Å². The zero-order valence-electron chi connectivity index (χ0n) is 13.3. The van der Waals surface area contributed by atoms with E-state index in [9.17, 15) is 14.4 Å². The normalized spacial score (nSPS) is 17.2. The minimum absolute atomic E-state index is 0.0368. The van der Waals surface area contributed by atoms with Crippen LogP contribution in [0.4, 0.5) is 5.69 Å². The molecular formula is C16H21N3O3S. The second-order valence-electron chi connectivity index (χ2n) is 5.38. The second-order valence-corrected chi connectivity index (χ2v) is 6.26. The minimum atomic E-state index is -0.349. The van der Waals surface area contributed by atoms with Crippen molar-refractivity contribution in [1.29, 1.82) is 0 Å². The highest BCUT2D eigenvalue weighted by Crippen LogP contribution is 2.28. The van der Waals surface area contributed by atoms with Crippen molar-refractivity contribution in [2.75, 3.05) is 30.8 Å². The van der Waals surface area contributed by atoms with Crippen molar-refractivity contribution in [1.82, 2.24) is 10.6 Å². The molecule has 6 nitrogen and oxygen atoms in total. The summed E-state index contributed by atoms with van der Waals surface area (Å²) in [5.41, 5.74) is 0.829. The molecular weight excluding hydrogens is 314 g/mol. The number of nitrogens with zero attached hydrogens (tertiary/aromatic N) is 1. The van der Waals surface area contributed by atoms with Crippen molar-refractivity contribution in [2.45, 2.75) is 18.2 Å². The van der Waals surface area contributed by atoms with Crippen LogP contribution < -0.4 is 15.5 Å². The van der Waals surface area contributed by atoms with Crippen molar-refractivity contribution >= 4 is 35.2 Å². The maximum absolute atomic E-state index is 12.2. The highest BCUT2D eigenvalue weighted by molar-refractivity contribution is 7.98. The number of hydrogen-bond acceptors (Lipinski definition) is 4.